The second-order valence-electron chi connectivity index (χ2n) is 4.04. The Morgan fingerprint density at radius 1 is 1.47 bits per heavy atom. The Labute approximate surface area is 104 Å². The normalized spacial score (nSPS) is 19.9. The molecule has 1 aliphatic rings. The first-order valence-electron chi connectivity index (χ1n) is 5.49. The van der Waals surface area contributed by atoms with Crippen LogP contribution in [-0.4, -0.2) is 17.5 Å². The highest BCUT2D eigenvalue weighted by molar-refractivity contribution is 6.35. The number of aromatic nitrogens is 1. The van der Waals surface area contributed by atoms with Crippen LogP contribution in [0.5, 0.6) is 0 Å². The Balaban J connectivity index is 2.26. The predicted molar refractivity (Wildman–Crippen MR) is 66.2 cm³/mol. The lowest BCUT2D eigenvalue weighted by Crippen LogP contribution is -2.09. The Bertz CT molecular complexity index is 570. The van der Waals surface area contributed by atoms with Gasteiger partial charge in [0.15, 0.2) is 6.29 Å². The molecule has 0 aliphatic carbocycles. The number of benzene rings is 1. The molecule has 3 rings (SSSR count). The number of carbonyl (C=O) groups excluding carboxylic acids is 1. The summed E-state index contributed by atoms with van der Waals surface area (Å²) < 4.78 is 7.51. The van der Waals surface area contributed by atoms with Gasteiger partial charge in [-0.3, -0.25) is 4.79 Å². The second kappa shape index (κ2) is 4.17. The summed E-state index contributed by atoms with van der Waals surface area (Å²) in [5, 5.41) is 1.55. The smallest absolute Gasteiger partial charge is 0.166 e. The van der Waals surface area contributed by atoms with Gasteiger partial charge in [0.2, 0.25) is 0 Å². The Hall–Kier alpha value is -1.32. The summed E-state index contributed by atoms with van der Waals surface area (Å²) in [6.45, 7) is 0.628. The fourth-order valence-electron chi connectivity index (χ4n) is 2.29. The third kappa shape index (κ3) is 1.66. The molecule has 4 heteroatoms. The van der Waals surface area contributed by atoms with E-state index < -0.39 is 0 Å². The molecule has 0 spiro atoms. The van der Waals surface area contributed by atoms with Gasteiger partial charge in [0, 0.05) is 10.4 Å². The van der Waals surface area contributed by atoms with Crippen LogP contribution in [0.4, 0.5) is 0 Å². The summed E-state index contributed by atoms with van der Waals surface area (Å²) in [4.78, 5) is 11.1. The highest BCUT2D eigenvalue weighted by Gasteiger charge is 2.22. The number of carbonyl (C=O) groups is 1. The van der Waals surface area contributed by atoms with Crippen LogP contribution in [0.1, 0.15) is 23.1 Å². The van der Waals surface area contributed by atoms with Gasteiger partial charge in [0.25, 0.3) is 0 Å². The molecule has 0 saturated carbocycles. The number of hydrogen-bond acceptors (Lipinski definition) is 2. The third-order valence-electron chi connectivity index (χ3n) is 3.04. The number of rotatable bonds is 2. The monoisotopic (exact) mass is 248 g/mol. The van der Waals surface area contributed by atoms with Crippen LogP contribution in [0.15, 0.2) is 24.3 Å². The summed E-state index contributed by atoms with van der Waals surface area (Å²) in [5.74, 6) is 0. The van der Waals surface area contributed by atoms with Gasteiger partial charge in [-0.15, -0.1) is 0 Å². The summed E-state index contributed by atoms with van der Waals surface area (Å²) in [7, 11) is 0. The van der Waals surface area contributed by atoms with Crippen LogP contribution < -0.4 is 0 Å². The van der Waals surface area contributed by atoms with E-state index in [0.29, 0.717) is 17.3 Å². The highest BCUT2D eigenvalue weighted by atomic mass is 35.5. The number of fused-ring (bicyclic) bond motifs is 1. The van der Waals surface area contributed by atoms with Gasteiger partial charge < -0.3 is 9.30 Å². The van der Waals surface area contributed by atoms with Gasteiger partial charge in [-0.05, 0) is 31.0 Å². The molecule has 1 atom stereocenters. The topological polar surface area (TPSA) is 31.2 Å². The molecule has 1 saturated heterocycles. The summed E-state index contributed by atoms with van der Waals surface area (Å²) >= 11 is 6.13. The van der Waals surface area contributed by atoms with Crippen molar-refractivity contribution >= 4 is 28.8 Å². The zero-order valence-corrected chi connectivity index (χ0v) is 9.85. The van der Waals surface area contributed by atoms with Crippen LogP contribution in [0.2, 0.25) is 5.02 Å². The van der Waals surface area contributed by atoms with Crippen molar-refractivity contribution < 1.29 is 9.53 Å². The van der Waals surface area contributed by atoms with Crippen molar-refractivity contribution in [2.45, 2.75) is 12.6 Å². The van der Waals surface area contributed by atoms with E-state index in [-0.39, 0.29) is 6.23 Å². The number of hydrogen-bond donors (Lipinski definition) is 0. The van der Waals surface area contributed by atoms with Gasteiger partial charge in [-0.2, -0.15) is 0 Å². The molecule has 1 fully saturated rings. The molecule has 87 valence electrons. The van der Waals surface area contributed by atoms with E-state index in [1.807, 2.05) is 28.8 Å². The SMILES string of the molecule is O=Cc1cc2c(Cl)cccc2n1C1C[CH]CO1. The lowest BCUT2D eigenvalue weighted by Gasteiger charge is -2.15. The third-order valence-corrected chi connectivity index (χ3v) is 3.37. The first-order valence-corrected chi connectivity index (χ1v) is 5.87. The Kier molecular flexibility index (Phi) is 2.65. The number of halogens is 1. The first-order chi connectivity index (χ1) is 8.31. The molecule has 1 unspecified atom stereocenters. The van der Waals surface area contributed by atoms with E-state index in [4.69, 9.17) is 16.3 Å². The van der Waals surface area contributed by atoms with Gasteiger partial charge in [0.05, 0.1) is 17.8 Å². The van der Waals surface area contributed by atoms with Gasteiger partial charge >= 0.3 is 0 Å². The number of ether oxygens (including phenoxy) is 1. The van der Waals surface area contributed by atoms with E-state index in [1.54, 1.807) is 0 Å². The average Bonchev–Trinajstić information content (AvgIpc) is 2.94. The van der Waals surface area contributed by atoms with Crippen molar-refractivity contribution in [2.75, 3.05) is 6.61 Å². The van der Waals surface area contributed by atoms with Gasteiger partial charge in [0.1, 0.15) is 6.23 Å². The van der Waals surface area contributed by atoms with Crippen molar-refractivity contribution in [1.29, 1.82) is 0 Å². The first kappa shape index (κ1) is 10.8. The summed E-state index contributed by atoms with van der Waals surface area (Å²) in [6, 6.07) is 7.47. The highest BCUT2D eigenvalue weighted by Crippen LogP contribution is 2.32. The molecule has 1 aliphatic heterocycles. The van der Waals surface area contributed by atoms with E-state index in [2.05, 4.69) is 6.42 Å². The molecular formula is C13H11ClNO2. The van der Waals surface area contributed by atoms with Crippen LogP contribution in [0.25, 0.3) is 10.9 Å². The average molecular weight is 249 g/mol. The molecule has 0 amide bonds. The maximum absolute atomic E-state index is 11.1. The van der Waals surface area contributed by atoms with Crippen LogP contribution in [-0.2, 0) is 4.74 Å². The molecule has 0 N–H and O–H groups in total. The van der Waals surface area contributed by atoms with Crippen molar-refractivity contribution in [2.24, 2.45) is 0 Å². The molecule has 2 aromatic rings. The summed E-state index contributed by atoms with van der Waals surface area (Å²) in [5.41, 5.74) is 1.55. The maximum atomic E-state index is 11.1. The second-order valence-corrected chi connectivity index (χ2v) is 4.45. The minimum Gasteiger partial charge on any atom is -0.358 e. The van der Waals surface area contributed by atoms with Gasteiger partial charge in [-0.1, -0.05) is 17.7 Å². The Morgan fingerprint density at radius 3 is 3.06 bits per heavy atom. The molecule has 3 nitrogen and oxygen atoms in total. The molecule has 1 aromatic heterocycles. The van der Waals surface area contributed by atoms with E-state index >= 15 is 0 Å². The zero-order chi connectivity index (χ0) is 11.8. The van der Waals surface area contributed by atoms with E-state index in [9.17, 15) is 4.79 Å². The van der Waals surface area contributed by atoms with Crippen molar-refractivity contribution in [3.63, 3.8) is 0 Å². The molecular weight excluding hydrogens is 238 g/mol. The Morgan fingerprint density at radius 2 is 2.35 bits per heavy atom. The van der Waals surface area contributed by atoms with Crippen molar-refractivity contribution in [3.8, 4) is 0 Å². The zero-order valence-electron chi connectivity index (χ0n) is 9.10. The van der Waals surface area contributed by atoms with Crippen LogP contribution in [0.3, 0.4) is 0 Å². The maximum Gasteiger partial charge on any atom is 0.166 e. The number of nitrogens with zero attached hydrogens (tertiary/aromatic N) is 1. The fourth-order valence-corrected chi connectivity index (χ4v) is 2.51. The molecule has 0 bridgehead atoms. The number of aldehydes is 1. The minimum atomic E-state index is -0.0915. The molecule has 17 heavy (non-hydrogen) atoms. The van der Waals surface area contributed by atoms with Crippen molar-refractivity contribution in [1.82, 2.24) is 4.57 Å². The van der Waals surface area contributed by atoms with Crippen LogP contribution >= 0.6 is 11.6 Å². The lowest BCUT2D eigenvalue weighted by atomic mass is 10.2. The summed E-state index contributed by atoms with van der Waals surface area (Å²) in [6.07, 6.45) is 3.64. The largest absolute Gasteiger partial charge is 0.358 e. The molecule has 1 aromatic carbocycles. The van der Waals surface area contributed by atoms with Gasteiger partial charge in [-0.25, -0.2) is 0 Å². The quantitative estimate of drug-likeness (QED) is 0.764. The van der Waals surface area contributed by atoms with Crippen LogP contribution in [0, 0.1) is 6.42 Å². The van der Waals surface area contributed by atoms with E-state index in [0.717, 1.165) is 23.6 Å². The molecule has 1 radical (unpaired) electrons. The minimum absolute atomic E-state index is 0.0915. The lowest BCUT2D eigenvalue weighted by molar-refractivity contribution is 0.0591. The van der Waals surface area contributed by atoms with E-state index in [1.165, 1.54) is 0 Å². The fraction of sp³-hybridized carbons (Fsp3) is 0.231. The predicted octanol–water partition coefficient (Wildman–Crippen LogP) is 3.23. The van der Waals surface area contributed by atoms with Crippen molar-refractivity contribution in [3.05, 3.63) is 41.4 Å². The molecule has 2 heterocycles. The standard InChI is InChI=1S/C13H11ClNO2/c14-11-3-1-4-12-10(11)7-9(8-16)15(12)13-5-2-6-17-13/h1-4,7-8,13H,5-6H2.